The van der Waals surface area contributed by atoms with E-state index in [-0.39, 0.29) is 5.54 Å². The van der Waals surface area contributed by atoms with Gasteiger partial charge in [-0.05, 0) is 45.4 Å². The summed E-state index contributed by atoms with van der Waals surface area (Å²) in [5.41, 5.74) is 2.62. The van der Waals surface area contributed by atoms with Crippen molar-refractivity contribution in [2.45, 2.75) is 39.3 Å². The molecule has 18 heavy (non-hydrogen) atoms. The van der Waals surface area contributed by atoms with Crippen LogP contribution in [0.1, 0.15) is 26.3 Å². The van der Waals surface area contributed by atoms with Gasteiger partial charge in [0.25, 0.3) is 0 Å². The van der Waals surface area contributed by atoms with E-state index in [0.717, 1.165) is 18.8 Å². The maximum Gasteiger partial charge on any atom is 0.142 e. The first kappa shape index (κ1) is 13.2. The van der Waals surface area contributed by atoms with E-state index in [0.29, 0.717) is 6.04 Å². The fraction of sp³-hybridized carbons (Fsp3) is 0.600. The summed E-state index contributed by atoms with van der Waals surface area (Å²) in [5, 5.41) is 3.58. The molecule has 1 aromatic rings. The summed E-state index contributed by atoms with van der Waals surface area (Å²) in [6.45, 7) is 10.9. The van der Waals surface area contributed by atoms with Crippen LogP contribution in [-0.2, 0) is 0 Å². The molecule has 0 bridgehead atoms. The Kier molecular flexibility index (Phi) is 3.53. The van der Waals surface area contributed by atoms with Gasteiger partial charge in [0.1, 0.15) is 5.75 Å². The Morgan fingerprint density at radius 3 is 2.78 bits per heavy atom. The molecule has 3 nitrogen and oxygen atoms in total. The highest BCUT2D eigenvalue weighted by Crippen LogP contribution is 2.33. The van der Waals surface area contributed by atoms with E-state index < -0.39 is 0 Å². The van der Waals surface area contributed by atoms with Crippen LogP contribution in [0, 0.1) is 6.92 Å². The fourth-order valence-corrected chi connectivity index (χ4v) is 2.52. The van der Waals surface area contributed by atoms with Gasteiger partial charge >= 0.3 is 0 Å². The van der Waals surface area contributed by atoms with Crippen LogP contribution < -0.4 is 15.0 Å². The number of ether oxygens (including phenoxy) is 1. The van der Waals surface area contributed by atoms with E-state index in [1.165, 1.54) is 11.3 Å². The molecule has 3 heteroatoms. The fourth-order valence-electron chi connectivity index (χ4n) is 2.52. The van der Waals surface area contributed by atoms with E-state index >= 15 is 0 Å². The predicted octanol–water partition coefficient (Wildman–Crippen LogP) is 2.58. The van der Waals surface area contributed by atoms with E-state index in [9.17, 15) is 0 Å². The average Bonchev–Trinajstić information content (AvgIpc) is 2.32. The molecule has 100 valence electrons. The first-order chi connectivity index (χ1) is 8.43. The first-order valence-corrected chi connectivity index (χ1v) is 6.59. The number of methoxy groups -OCH3 is 1. The summed E-state index contributed by atoms with van der Waals surface area (Å²) in [4.78, 5) is 2.45. The molecule has 0 radical (unpaired) electrons. The van der Waals surface area contributed by atoms with E-state index in [4.69, 9.17) is 4.74 Å². The number of piperazine rings is 1. The third kappa shape index (κ3) is 2.61. The molecular weight excluding hydrogens is 224 g/mol. The zero-order valence-corrected chi connectivity index (χ0v) is 12.1. The number of nitrogens with zero attached hydrogens (tertiary/aromatic N) is 1. The summed E-state index contributed by atoms with van der Waals surface area (Å²) >= 11 is 0. The molecule has 1 atom stereocenters. The molecule has 0 spiro atoms. The van der Waals surface area contributed by atoms with Crippen LogP contribution in [0.15, 0.2) is 18.2 Å². The molecule has 0 aromatic heterocycles. The molecule has 2 rings (SSSR count). The van der Waals surface area contributed by atoms with Gasteiger partial charge in [-0.3, -0.25) is 0 Å². The summed E-state index contributed by atoms with van der Waals surface area (Å²) in [5.74, 6) is 0.963. The number of hydrogen-bond donors (Lipinski definition) is 1. The van der Waals surface area contributed by atoms with E-state index in [1.54, 1.807) is 7.11 Å². The predicted molar refractivity (Wildman–Crippen MR) is 76.6 cm³/mol. The molecule has 1 heterocycles. The van der Waals surface area contributed by atoms with E-state index in [1.807, 2.05) is 0 Å². The van der Waals surface area contributed by atoms with Crippen molar-refractivity contribution in [2.24, 2.45) is 0 Å². The third-order valence-electron chi connectivity index (χ3n) is 3.62. The SMILES string of the molecule is COc1ccc(C)cc1N1CC(C)(C)NCC1C. The molecule has 1 aliphatic heterocycles. The van der Waals surface area contributed by atoms with Crippen molar-refractivity contribution in [1.82, 2.24) is 5.32 Å². The smallest absolute Gasteiger partial charge is 0.142 e. The van der Waals surface area contributed by atoms with Gasteiger partial charge in [0.05, 0.1) is 12.8 Å². The van der Waals surface area contributed by atoms with Crippen molar-refractivity contribution < 1.29 is 4.74 Å². The minimum absolute atomic E-state index is 0.140. The number of hydrogen-bond acceptors (Lipinski definition) is 3. The standard InChI is InChI=1S/C15H24N2O/c1-11-6-7-14(18-5)13(8-11)17-10-15(3,4)16-9-12(17)2/h6-8,12,16H,9-10H2,1-5H3. The Balaban J connectivity index is 2.36. The Morgan fingerprint density at radius 2 is 2.11 bits per heavy atom. The summed E-state index contributed by atoms with van der Waals surface area (Å²) in [7, 11) is 1.74. The van der Waals surface area contributed by atoms with Gasteiger partial charge in [-0.1, -0.05) is 6.07 Å². The second kappa shape index (κ2) is 4.81. The van der Waals surface area contributed by atoms with Gasteiger partial charge < -0.3 is 15.0 Å². The van der Waals surface area contributed by atoms with Crippen LogP contribution >= 0.6 is 0 Å². The quantitative estimate of drug-likeness (QED) is 0.870. The minimum Gasteiger partial charge on any atom is -0.495 e. The number of nitrogens with one attached hydrogen (secondary N) is 1. The Morgan fingerprint density at radius 1 is 1.39 bits per heavy atom. The maximum atomic E-state index is 5.51. The first-order valence-electron chi connectivity index (χ1n) is 6.59. The maximum absolute atomic E-state index is 5.51. The molecule has 1 aromatic carbocycles. The molecule has 1 fully saturated rings. The summed E-state index contributed by atoms with van der Waals surface area (Å²) < 4.78 is 5.51. The monoisotopic (exact) mass is 248 g/mol. The van der Waals surface area contributed by atoms with Crippen molar-refractivity contribution in [3.8, 4) is 5.75 Å². The lowest BCUT2D eigenvalue weighted by molar-refractivity contribution is 0.315. The summed E-state index contributed by atoms with van der Waals surface area (Å²) in [6, 6.07) is 6.86. The van der Waals surface area contributed by atoms with Gasteiger partial charge in [0, 0.05) is 24.7 Å². The number of aryl methyl sites for hydroxylation is 1. The van der Waals surface area contributed by atoms with Crippen LogP contribution in [0.2, 0.25) is 0 Å². The molecule has 0 amide bonds. The van der Waals surface area contributed by atoms with Gasteiger partial charge in [-0.25, -0.2) is 0 Å². The van der Waals surface area contributed by atoms with Crippen LogP contribution in [-0.4, -0.2) is 31.8 Å². The van der Waals surface area contributed by atoms with Gasteiger partial charge in [0.2, 0.25) is 0 Å². The minimum atomic E-state index is 0.140. The average molecular weight is 248 g/mol. The van der Waals surface area contributed by atoms with Gasteiger partial charge in [-0.15, -0.1) is 0 Å². The lowest BCUT2D eigenvalue weighted by atomic mass is 9.98. The molecule has 0 aliphatic carbocycles. The second-order valence-corrected chi connectivity index (χ2v) is 5.92. The van der Waals surface area contributed by atoms with Crippen molar-refractivity contribution in [2.75, 3.05) is 25.1 Å². The van der Waals surface area contributed by atoms with Gasteiger partial charge in [0.15, 0.2) is 0 Å². The van der Waals surface area contributed by atoms with Crippen molar-refractivity contribution in [3.05, 3.63) is 23.8 Å². The zero-order chi connectivity index (χ0) is 13.3. The van der Waals surface area contributed by atoms with Crippen LogP contribution in [0.3, 0.4) is 0 Å². The molecule has 1 saturated heterocycles. The largest absolute Gasteiger partial charge is 0.495 e. The van der Waals surface area contributed by atoms with Crippen molar-refractivity contribution in [3.63, 3.8) is 0 Å². The number of benzene rings is 1. The van der Waals surface area contributed by atoms with Crippen LogP contribution in [0.25, 0.3) is 0 Å². The van der Waals surface area contributed by atoms with Gasteiger partial charge in [-0.2, -0.15) is 0 Å². The molecule has 1 N–H and O–H groups in total. The lowest BCUT2D eigenvalue weighted by Gasteiger charge is -2.45. The van der Waals surface area contributed by atoms with Crippen LogP contribution in [0.4, 0.5) is 5.69 Å². The van der Waals surface area contributed by atoms with Crippen LogP contribution in [0.5, 0.6) is 5.75 Å². The highest BCUT2D eigenvalue weighted by molar-refractivity contribution is 5.61. The Hall–Kier alpha value is -1.22. The number of anilines is 1. The molecule has 0 saturated carbocycles. The van der Waals surface area contributed by atoms with Crippen molar-refractivity contribution >= 4 is 5.69 Å². The third-order valence-corrected chi connectivity index (χ3v) is 3.62. The Labute approximate surface area is 110 Å². The molecule has 1 unspecified atom stereocenters. The summed E-state index contributed by atoms with van der Waals surface area (Å²) in [6.07, 6.45) is 0. The molecular formula is C15H24N2O. The lowest BCUT2D eigenvalue weighted by Crippen LogP contribution is -2.61. The van der Waals surface area contributed by atoms with Crippen molar-refractivity contribution in [1.29, 1.82) is 0 Å². The highest BCUT2D eigenvalue weighted by atomic mass is 16.5. The Bertz CT molecular complexity index is 429. The highest BCUT2D eigenvalue weighted by Gasteiger charge is 2.31. The number of rotatable bonds is 2. The topological polar surface area (TPSA) is 24.5 Å². The zero-order valence-electron chi connectivity index (χ0n) is 12.1. The van der Waals surface area contributed by atoms with E-state index in [2.05, 4.69) is 56.1 Å². The molecule has 1 aliphatic rings. The second-order valence-electron chi connectivity index (χ2n) is 5.92. The normalized spacial score (nSPS) is 22.9.